The van der Waals surface area contributed by atoms with Crippen molar-refractivity contribution in [2.24, 2.45) is 0 Å². The van der Waals surface area contributed by atoms with Crippen LogP contribution in [0.25, 0.3) is 0 Å². The van der Waals surface area contributed by atoms with Crippen LogP contribution in [0.3, 0.4) is 0 Å². The van der Waals surface area contributed by atoms with Crippen LogP contribution < -0.4 is 19.1 Å². The smallest absolute Gasteiger partial charge is 0.264 e. The summed E-state index contributed by atoms with van der Waals surface area (Å²) >= 11 is 0. The van der Waals surface area contributed by atoms with E-state index in [9.17, 15) is 22.4 Å². The Hall–Kier alpha value is -4.12. The lowest BCUT2D eigenvalue weighted by Gasteiger charge is -2.32. The Kier molecular flexibility index (Phi) is 11.3. The first-order valence-electron chi connectivity index (χ1n) is 13.6. The van der Waals surface area contributed by atoms with E-state index in [-0.39, 0.29) is 28.8 Å². The molecular weight excluding hydrogens is 561 g/mol. The molecule has 3 aromatic carbocycles. The molecule has 0 radical (unpaired) electrons. The van der Waals surface area contributed by atoms with Gasteiger partial charge in [-0.05, 0) is 62.2 Å². The molecule has 0 unspecified atom stereocenters. The van der Waals surface area contributed by atoms with E-state index in [2.05, 4.69) is 5.32 Å². The molecule has 0 bridgehead atoms. The zero-order valence-electron chi connectivity index (χ0n) is 24.6. The van der Waals surface area contributed by atoms with Gasteiger partial charge in [-0.15, -0.1) is 0 Å². The second-order valence-electron chi connectivity index (χ2n) is 9.83. The largest absolute Gasteiger partial charge is 0.497 e. The number of benzene rings is 3. The summed E-state index contributed by atoms with van der Waals surface area (Å²) in [7, 11) is -1.46. The molecule has 0 aliphatic carbocycles. The Labute approximate surface area is 247 Å². The normalized spacial score (nSPS) is 11.9. The number of rotatable bonds is 14. The molecule has 42 heavy (non-hydrogen) atoms. The third-order valence-corrected chi connectivity index (χ3v) is 8.58. The highest BCUT2D eigenvalue weighted by atomic mass is 32.2. The summed E-state index contributed by atoms with van der Waals surface area (Å²) in [6.07, 6.45) is 1.64. The molecule has 3 aromatic rings. The fraction of sp³-hybridized carbons (Fsp3) is 0.355. The van der Waals surface area contributed by atoms with Gasteiger partial charge in [0.2, 0.25) is 11.8 Å². The summed E-state index contributed by atoms with van der Waals surface area (Å²) in [5.74, 6) is -0.907. The van der Waals surface area contributed by atoms with Gasteiger partial charge in [-0.25, -0.2) is 12.8 Å². The van der Waals surface area contributed by atoms with Crippen LogP contribution in [0.2, 0.25) is 0 Å². The van der Waals surface area contributed by atoms with E-state index in [4.69, 9.17) is 9.47 Å². The van der Waals surface area contributed by atoms with Crippen LogP contribution in [0.15, 0.2) is 71.6 Å². The first kappa shape index (κ1) is 32.4. The topological polar surface area (TPSA) is 105 Å². The maximum absolute atomic E-state index is 14.1. The van der Waals surface area contributed by atoms with Gasteiger partial charge in [0.25, 0.3) is 10.0 Å². The summed E-state index contributed by atoms with van der Waals surface area (Å²) in [4.78, 5) is 28.4. The van der Waals surface area contributed by atoms with E-state index >= 15 is 0 Å². The van der Waals surface area contributed by atoms with Crippen LogP contribution in [0.5, 0.6) is 11.5 Å². The third-order valence-electron chi connectivity index (χ3n) is 6.81. The van der Waals surface area contributed by atoms with Crippen molar-refractivity contribution in [3.05, 3.63) is 83.7 Å². The number of ether oxygens (including phenoxy) is 2. The lowest BCUT2D eigenvalue weighted by Crippen LogP contribution is -2.51. The summed E-state index contributed by atoms with van der Waals surface area (Å²) in [6, 6.07) is 15.5. The Bertz CT molecular complexity index is 1460. The van der Waals surface area contributed by atoms with E-state index < -0.39 is 34.3 Å². The zero-order chi connectivity index (χ0) is 30.9. The molecule has 226 valence electrons. The van der Waals surface area contributed by atoms with Crippen molar-refractivity contribution in [3.8, 4) is 11.5 Å². The van der Waals surface area contributed by atoms with Crippen LogP contribution in [-0.2, 0) is 26.2 Å². The Morgan fingerprint density at radius 1 is 0.976 bits per heavy atom. The third kappa shape index (κ3) is 8.00. The number of carbonyl (C=O) groups excluding carboxylic acids is 2. The molecule has 0 aliphatic heterocycles. The number of hydrogen-bond acceptors (Lipinski definition) is 6. The highest BCUT2D eigenvalue weighted by Crippen LogP contribution is 2.36. The number of nitrogens with zero attached hydrogens (tertiary/aromatic N) is 2. The Balaban J connectivity index is 2.09. The summed E-state index contributed by atoms with van der Waals surface area (Å²) in [5.41, 5.74) is 1.53. The number of amides is 2. The predicted octanol–water partition coefficient (Wildman–Crippen LogP) is 4.68. The summed E-state index contributed by atoms with van der Waals surface area (Å²) < 4.78 is 53.6. The average Bonchev–Trinajstić information content (AvgIpc) is 2.99. The quantitative estimate of drug-likeness (QED) is 0.270. The monoisotopic (exact) mass is 599 g/mol. The molecule has 0 aromatic heterocycles. The zero-order valence-corrected chi connectivity index (χ0v) is 25.4. The summed E-state index contributed by atoms with van der Waals surface area (Å²) in [5, 5.41) is 2.83. The van der Waals surface area contributed by atoms with Gasteiger partial charge >= 0.3 is 0 Å². The molecule has 0 heterocycles. The van der Waals surface area contributed by atoms with E-state index in [0.29, 0.717) is 17.9 Å². The van der Waals surface area contributed by atoms with Crippen molar-refractivity contribution in [1.29, 1.82) is 0 Å². The Morgan fingerprint density at radius 3 is 2.24 bits per heavy atom. The van der Waals surface area contributed by atoms with Crippen molar-refractivity contribution < 1.29 is 31.9 Å². The molecular formula is C31H38FN3O6S. The minimum atomic E-state index is -4.30. The molecule has 1 atom stereocenters. The minimum absolute atomic E-state index is 0.0267. The van der Waals surface area contributed by atoms with Crippen LogP contribution in [-0.4, -0.2) is 58.5 Å². The van der Waals surface area contributed by atoms with Gasteiger partial charge < -0.3 is 19.7 Å². The standard InChI is InChI=1S/C31H38FN3O6S/c1-6-7-18-33-31(37)23(3)34(20-24-10-12-25(32)13-11-24)30(36)21-35(28-19-26(40-4)14-17-29(28)41-5)42(38,39)27-15-8-22(2)9-16-27/h8-17,19,23H,6-7,18,20-21H2,1-5H3,(H,33,37)/t23-/m1/s1. The molecule has 0 saturated carbocycles. The number of unbranched alkanes of at least 4 members (excludes halogenated alkanes) is 1. The van der Waals surface area contributed by atoms with Gasteiger partial charge in [0.15, 0.2) is 0 Å². The van der Waals surface area contributed by atoms with Crippen molar-refractivity contribution in [2.45, 2.75) is 51.1 Å². The molecule has 0 saturated heterocycles. The summed E-state index contributed by atoms with van der Waals surface area (Å²) in [6.45, 7) is 5.16. The van der Waals surface area contributed by atoms with E-state index in [1.165, 1.54) is 61.6 Å². The van der Waals surface area contributed by atoms with E-state index in [1.807, 2.05) is 13.8 Å². The molecule has 0 spiro atoms. The molecule has 1 N–H and O–H groups in total. The van der Waals surface area contributed by atoms with Crippen molar-refractivity contribution in [3.63, 3.8) is 0 Å². The van der Waals surface area contributed by atoms with Gasteiger partial charge in [0.05, 0.1) is 24.8 Å². The number of carbonyl (C=O) groups is 2. The molecule has 9 nitrogen and oxygen atoms in total. The SMILES string of the molecule is CCCCNC(=O)[C@@H](C)N(Cc1ccc(F)cc1)C(=O)CN(c1cc(OC)ccc1OC)S(=O)(=O)c1ccc(C)cc1. The van der Waals surface area contributed by atoms with Gasteiger partial charge in [-0.1, -0.05) is 43.2 Å². The average molecular weight is 600 g/mol. The maximum Gasteiger partial charge on any atom is 0.264 e. The Morgan fingerprint density at radius 2 is 1.64 bits per heavy atom. The molecule has 11 heteroatoms. The van der Waals surface area contributed by atoms with E-state index in [0.717, 1.165) is 22.7 Å². The fourth-order valence-electron chi connectivity index (χ4n) is 4.25. The number of nitrogens with one attached hydrogen (secondary N) is 1. The van der Waals surface area contributed by atoms with Crippen molar-refractivity contribution >= 4 is 27.5 Å². The number of anilines is 1. The second-order valence-corrected chi connectivity index (χ2v) is 11.7. The first-order valence-corrected chi connectivity index (χ1v) is 15.1. The number of sulfonamides is 1. The highest BCUT2D eigenvalue weighted by molar-refractivity contribution is 7.92. The van der Waals surface area contributed by atoms with Crippen LogP contribution in [0, 0.1) is 12.7 Å². The molecule has 2 amide bonds. The second kappa shape index (κ2) is 14.7. The predicted molar refractivity (Wildman–Crippen MR) is 160 cm³/mol. The highest BCUT2D eigenvalue weighted by Gasteiger charge is 2.34. The van der Waals surface area contributed by atoms with Crippen molar-refractivity contribution in [2.75, 3.05) is 31.6 Å². The van der Waals surface area contributed by atoms with Crippen LogP contribution in [0.4, 0.5) is 10.1 Å². The first-order chi connectivity index (χ1) is 20.0. The lowest BCUT2D eigenvalue weighted by atomic mass is 10.1. The lowest BCUT2D eigenvalue weighted by molar-refractivity contribution is -0.139. The number of halogens is 1. The molecule has 0 aliphatic rings. The van der Waals surface area contributed by atoms with Crippen LogP contribution in [0.1, 0.15) is 37.8 Å². The van der Waals surface area contributed by atoms with Crippen molar-refractivity contribution in [1.82, 2.24) is 10.2 Å². The number of hydrogen-bond donors (Lipinski definition) is 1. The number of methoxy groups -OCH3 is 2. The maximum atomic E-state index is 14.1. The van der Waals surface area contributed by atoms with Gasteiger partial charge in [-0.2, -0.15) is 0 Å². The molecule has 0 fully saturated rings. The molecule has 3 rings (SSSR count). The minimum Gasteiger partial charge on any atom is -0.497 e. The number of aryl methyl sites for hydroxylation is 1. The van der Waals surface area contributed by atoms with E-state index in [1.54, 1.807) is 31.2 Å². The fourth-order valence-corrected chi connectivity index (χ4v) is 5.66. The van der Waals surface area contributed by atoms with Gasteiger partial charge in [0, 0.05) is 19.2 Å². The van der Waals surface area contributed by atoms with Gasteiger partial charge in [0.1, 0.15) is 29.9 Å². The van der Waals surface area contributed by atoms with Crippen LogP contribution >= 0.6 is 0 Å². The van der Waals surface area contributed by atoms with Gasteiger partial charge in [-0.3, -0.25) is 13.9 Å².